The van der Waals surface area contributed by atoms with Crippen molar-refractivity contribution in [3.05, 3.63) is 24.0 Å². The quantitative estimate of drug-likeness (QED) is 0.784. The van der Waals surface area contributed by atoms with E-state index in [2.05, 4.69) is 10.0 Å². The molecule has 0 radical (unpaired) electrons. The molecule has 2 aliphatic rings. The van der Waals surface area contributed by atoms with Gasteiger partial charge in [0.25, 0.3) is 0 Å². The maximum atomic E-state index is 14.3. The Morgan fingerprint density at radius 2 is 1.92 bits per heavy atom. The summed E-state index contributed by atoms with van der Waals surface area (Å²) in [5.41, 5.74) is -0.249. The highest BCUT2D eigenvalue weighted by atomic mass is 32.2. The summed E-state index contributed by atoms with van der Waals surface area (Å²) in [4.78, 5) is -0.150. The van der Waals surface area contributed by atoms with Crippen molar-refractivity contribution in [3.63, 3.8) is 0 Å². The summed E-state index contributed by atoms with van der Waals surface area (Å²) in [5, 5.41) is 3.23. The Morgan fingerprint density at radius 1 is 1.20 bits per heavy atom. The van der Waals surface area contributed by atoms with Crippen molar-refractivity contribution >= 4 is 25.7 Å². The van der Waals surface area contributed by atoms with Crippen LogP contribution in [0, 0.1) is 5.82 Å². The van der Waals surface area contributed by atoms with Gasteiger partial charge in [0.2, 0.25) is 20.0 Å². The lowest BCUT2D eigenvalue weighted by Gasteiger charge is -2.27. The fourth-order valence-corrected chi connectivity index (χ4v) is 5.99. The summed E-state index contributed by atoms with van der Waals surface area (Å²) < 4.78 is 67.0. The van der Waals surface area contributed by atoms with Gasteiger partial charge in [-0.2, -0.15) is 4.31 Å². The standard InChI is InChI=1S/C15H22FN3O4S2/c1-2-24(20,21)18-15-6-5-13(9-14(15)16)25(22,23)19-11-3-4-12(19)10-17-8-7-11/h5-6,9,11-12,17-18H,2-4,7-8,10H2,1H3. The lowest BCUT2D eigenvalue weighted by atomic mass is 10.1. The minimum Gasteiger partial charge on any atom is -0.315 e. The van der Waals surface area contributed by atoms with Crippen LogP contribution < -0.4 is 10.0 Å². The van der Waals surface area contributed by atoms with E-state index < -0.39 is 25.9 Å². The predicted octanol–water partition coefficient (Wildman–Crippen LogP) is 1.10. The van der Waals surface area contributed by atoms with E-state index in [-0.39, 0.29) is 28.4 Å². The first-order valence-electron chi connectivity index (χ1n) is 8.29. The molecule has 2 atom stereocenters. The number of anilines is 1. The molecular weight excluding hydrogens is 369 g/mol. The molecule has 3 rings (SSSR count). The molecule has 2 aliphatic heterocycles. The average Bonchev–Trinajstić information content (AvgIpc) is 2.82. The van der Waals surface area contributed by atoms with E-state index in [1.54, 1.807) is 0 Å². The molecular formula is C15H22FN3O4S2. The summed E-state index contributed by atoms with van der Waals surface area (Å²) in [5.74, 6) is -1.10. The molecule has 0 amide bonds. The van der Waals surface area contributed by atoms with E-state index in [0.29, 0.717) is 6.54 Å². The Morgan fingerprint density at radius 3 is 2.60 bits per heavy atom. The third-order valence-corrected chi connectivity index (χ3v) is 8.04. The zero-order valence-corrected chi connectivity index (χ0v) is 15.5. The summed E-state index contributed by atoms with van der Waals surface area (Å²) in [6.07, 6.45) is 2.32. The lowest BCUT2D eigenvalue weighted by molar-refractivity contribution is 0.334. The predicted molar refractivity (Wildman–Crippen MR) is 92.8 cm³/mol. The zero-order chi connectivity index (χ0) is 18.2. The van der Waals surface area contributed by atoms with Gasteiger partial charge in [-0.1, -0.05) is 0 Å². The highest BCUT2D eigenvalue weighted by molar-refractivity contribution is 7.92. The van der Waals surface area contributed by atoms with Gasteiger partial charge in [-0.25, -0.2) is 21.2 Å². The minimum absolute atomic E-state index is 0.0775. The van der Waals surface area contributed by atoms with E-state index in [0.717, 1.165) is 37.9 Å². The topological polar surface area (TPSA) is 95.6 Å². The van der Waals surface area contributed by atoms with Gasteiger partial charge in [0.15, 0.2) is 0 Å². The minimum atomic E-state index is -3.83. The zero-order valence-electron chi connectivity index (χ0n) is 13.9. The molecule has 2 saturated heterocycles. The molecule has 2 N–H and O–H groups in total. The van der Waals surface area contributed by atoms with Crippen LogP contribution in [0.25, 0.3) is 0 Å². The second-order valence-electron chi connectivity index (χ2n) is 6.36. The van der Waals surface area contributed by atoms with Crippen molar-refractivity contribution in [2.24, 2.45) is 0 Å². The van der Waals surface area contributed by atoms with E-state index in [4.69, 9.17) is 0 Å². The summed E-state index contributed by atoms with van der Waals surface area (Å²) in [6.45, 7) is 2.79. The van der Waals surface area contributed by atoms with Crippen LogP contribution in [0.2, 0.25) is 0 Å². The number of nitrogens with one attached hydrogen (secondary N) is 2. The van der Waals surface area contributed by atoms with Crippen molar-refractivity contribution in [2.45, 2.75) is 43.2 Å². The van der Waals surface area contributed by atoms with Crippen molar-refractivity contribution in [2.75, 3.05) is 23.6 Å². The van der Waals surface area contributed by atoms with Gasteiger partial charge in [0.05, 0.1) is 16.3 Å². The highest BCUT2D eigenvalue weighted by Gasteiger charge is 2.43. The van der Waals surface area contributed by atoms with Crippen LogP contribution in [0.5, 0.6) is 0 Å². The first kappa shape index (κ1) is 18.6. The smallest absolute Gasteiger partial charge is 0.243 e. The van der Waals surface area contributed by atoms with Crippen molar-refractivity contribution in [3.8, 4) is 0 Å². The van der Waals surface area contributed by atoms with Crippen LogP contribution in [0.3, 0.4) is 0 Å². The van der Waals surface area contributed by atoms with Crippen molar-refractivity contribution in [1.29, 1.82) is 0 Å². The van der Waals surface area contributed by atoms with Crippen molar-refractivity contribution in [1.82, 2.24) is 9.62 Å². The SMILES string of the molecule is CCS(=O)(=O)Nc1ccc(S(=O)(=O)N2C3CCNCC2CC3)cc1F. The van der Waals surface area contributed by atoms with E-state index in [1.165, 1.54) is 17.3 Å². The molecule has 25 heavy (non-hydrogen) atoms. The van der Waals surface area contributed by atoms with Crippen LogP contribution in [0.15, 0.2) is 23.1 Å². The number of benzene rings is 1. The van der Waals surface area contributed by atoms with Crippen LogP contribution in [-0.4, -0.2) is 52.1 Å². The number of halogens is 1. The maximum Gasteiger partial charge on any atom is 0.243 e. The first-order chi connectivity index (χ1) is 11.7. The van der Waals surface area contributed by atoms with Gasteiger partial charge in [-0.3, -0.25) is 4.72 Å². The Hall–Kier alpha value is -1.23. The summed E-state index contributed by atoms with van der Waals surface area (Å²) in [6, 6.07) is 3.10. The second-order valence-corrected chi connectivity index (χ2v) is 10.2. The van der Waals surface area contributed by atoms with Gasteiger partial charge in [-0.15, -0.1) is 0 Å². The largest absolute Gasteiger partial charge is 0.315 e. The van der Waals surface area contributed by atoms with Crippen LogP contribution in [0.1, 0.15) is 26.2 Å². The number of sulfonamides is 2. The Labute approximate surface area is 147 Å². The normalized spacial score (nSPS) is 24.9. The number of hydrogen-bond acceptors (Lipinski definition) is 5. The molecule has 2 fully saturated rings. The van der Waals surface area contributed by atoms with Gasteiger partial charge in [0.1, 0.15) is 5.82 Å². The molecule has 7 nitrogen and oxygen atoms in total. The fraction of sp³-hybridized carbons (Fsp3) is 0.600. The molecule has 0 aliphatic carbocycles. The Kier molecular flexibility index (Phi) is 5.06. The molecule has 1 aromatic carbocycles. The fourth-order valence-electron chi connectivity index (χ4n) is 3.43. The number of fused-ring (bicyclic) bond motifs is 2. The second kappa shape index (κ2) is 6.82. The van der Waals surface area contributed by atoms with E-state index in [1.807, 2.05) is 0 Å². The van der Waals surface area contributed by atoms with Crippen LogP contribution >= 0.6 is 0 Å². The molecule has 1 aromatic rings. The van der Waals surface area contributed by atoms with E-state index in [9.17, 15) is 21.2 Å². The lowest BCUT2D eigenvalue weighted by Crippen LogP contribution is -2.42. The van der Waals surface area contributed by atoms with Gasteiger partial charge in [-0.05, 0) is 50.9 Å². The third kappa shape index (κ3) is 3.67. The van der Waals surface area contributed by atoms with Crippen LogP contribution in [-0.2, 0) is 20.0 Å². The van der Waals surface area contributed by atoms with E-state index >= 15 is 0 Å². The molecule has 0 saturated carbocycles. The Bertz CT molecular complexity index is 844. The van der Waals surface area contributed by atoms with Crippen molar-refractivity contribution < 1.29 is 21.2 Å². The number of rotatable bonds is 5. The average molecular weight is 391 g/mol. The molecule has 0 spiro atoms. The maximum absolute atomic E-state index is 14.3. The molecule has 2 unspecified atom stereocenters. The first-order valence-corrected chi connectivity index (χ1v) is 11.4. The summed E-state index contributed by atoms with van der Waals surface area (Å²) in [7, 11) is -7.47. The Balaban J connectivity index is 1.92. The summed E-state index contributed by atoms with van der Waals surface area (Å²) >= 11 is 0. The molecule has 10 heteroatoms. The third-order valence-electron chi connectivity index (χ3n) is 4.75. The van der Waals surface area contributed by atoms with Crippen LogP contribution in [0.4, 0.5) is 10.1 Å². The monoisotopic (exact) mass is 391 g/mol. The van der Waals surface area contributed by atoms with Gasteiger partial charge in [0, 0.05) is 18.6 Å². The van der Waals surface area contributed by atoms with Gasteiger partial charge >= 0.3 is 0 Å². The molecule has 2 bridgehead atoms. The highest BCUT2D eigenvalue weighted by Crippen LogP contribution is 2.34. The number of nitrogens with zero attached hydrogens (tertiary/aromatic N) is 1. The molecule has 2 heterocycles. The molecule has 0 aromatic heterocycles. The van der Waals surface area contributed by atoms with Gasteiger partial charge < -0.3 is 5.32 Å². The number of hydrogen-bond donors (Lipinski definition) is 2. The molecule has 140 valence electrons.